The van der Waals surface area contributed by atoms with E-state index in [0.29, 0.717) is 0 Å². The summed E-state index contributed by atoms with van der Waals surface area (Å²) in [7, 11) is -3.44. The minimum absolute atomic E-state index is 0.537. The van der Waals surface area contributed by atoms with Gasteiger partial charge in [0.1, 0.15) is 5.21 Å². The average Bonchev–Trinajstić information content (AvgIpc) is 1.67. The van der Waals surface area contributed by atoms with E-state index in [0.717, 1.165) is 0 Å². The molecule has 0 atom stereocenters. The number of hydrogen-bond acceptors (Lipinski definition) is 2. The van der Waals surface area contributed by atoms with Crippen molar-refractivity contribution in [1.82, 2.24) is 0 Å². The molecule has 0 aliphatic rings. The van der Waals surface area contributed by atoms with Gasteiger partial charge in [0.2, 0.25) is 4.17 Å². The summed E-state index contributed by atoms with van der Waals surface area (Å²) in [5.74, 6) is 0. The molecule has 0 saturated heterocycles. The summed E-state index contributed by atoms with van der Waals surface area (Å²) in [6.45, 7) is 0. The number of rotatable bonds is 2. The third-order valence-corrected chi connectivity index (χ3v) is 3.81. The second-order valence-electron chi connectivity index (χ2n) is 1.03. The van der Waals surface area contributed by atoms with E-state index in [1.807, 2.05) is 0 Å². The summed E-state index contributed by atoms with van der Waals surface area (Å²) < 4.78 is 19.2. The third kappa shape index (κ3) is 2.40. The van der Waals surface area contributed by atoms with Crippen LogP contribution in [0, 0.1) is 0 Å². The summed E-state index contributed by atoms with van der Waals surface area (Å²) >= 11 is 14.9. The Morgan fingerprint density at radius 2 is 1.75 bits per heavy atom. The van der Waals surface area contributed by atoms with E-state index in [-0.39, 0.29) is 0 Å². The molecule has 50 valence electrons. The van der Waals surface area contributed by atoms with Crippen molar-refractivity contribution in [2.75, 3.05) is 5.21 Å². The average molecular weight is 197 g/mol. The smallest absolute Gasteiger partial charge is 0.209 e. The highest BCUT2D eigenvalue weighted by Crippen LogP contribution is 2.12. The predicted molar refractivity (Wildman–Crippen MR) is 35.1 cm³/mol. The maximum atomic E-state index is 10.3. The second-order valence-corrected chi connectivity index (χ2v) is 5.32. The highest BCUT2D eigenvalue weighted by molar-refractivity contribution is 7.95. The van der Waals surface area contributed by atoms with Gasteiger partial charge < -0.3 is 0 Å². The molecule has 0 bridgehead atoms. The monoisotopic (exact) mass is 196 g/mol. The lowest BCUT2D eigenvalue weighted by Gasteiger charge is -1.95. The van der Waals surface area contributed by atoms with Crippen LogP contribution in [0.2, 0.25) is 0 Å². The number of alkyl halides is 3. The summed E-state index contributed by atoms with van der Waals surface area (Å²) in [5.41, 5.74) is 0. The van der Waals surface area contributed by atoms with Gasteiger partial charge in [-0.3, -0.25) is 0 Å². The van der Waals surface area contributed by atoms with Gasteiger partial charge in [-0.25, -0.2) is 8.42 Å². The van der Waals surface area contributed by atoms with Crippen LogP contribution in [0.1, 0.15) is 0 Å². The van der Waals surface area contributed by atoms with E-state index in [1.54, 1.807) is 0 Å². The van der Waals surface area contributed by atoms with Crippen LogP contribution in [0.3, 0.4) is 0 Å². The van der Waals surface area contributed by atoms with Crippen LogP contribution in [-0.4, -0.2) is 17.8 Å². The lowest BCUT2D eigenvalue weighted by Crippen LogP contribution is -2.09. The Kier molecular flexibility index (Phi) is 3.43. The van der Waals surface area contributed by atoms with Gasteiger partial charge >= 0.3 is 0 Å². The first-order chi connectivity index (χ1) is 3.50. The minimum Gasteiger partial charge on any atom is -0.225 e. The van der Waals surface area contributed by atoms with Gasteiger partial charge in [-0.1, -0.05) is 23.2 Å². The van der Waals surface area contributed by atoms with Crippen molar-refractivity contribution < 1.29 is 8.42 Å². The Bertz CT molecular complexity index is 149. The van der Waals surface area contributed by atoms with Crippen molar-refractivity contribution in [2.45, 2.75) is 4.17 Å². The van der Waals surface area contributed by atoms with Crippen LogP contribution in [0.25, 0.3) is 0 Å². The molecule has 0 aliphatic carbocycles. The van der Waals surface area contributed by atoms with Crippen LogP contribution in [0.4, 0.5) is 0 Å². The van der Waals surface area contributed by atoms with E-state index in [1.165, 1.54) is 0 Å². The molecule has 0 N–H and O–H groups in total. The fourth-order valence-corrected chi connectivity index (χ4v) is 1.29. The molecule has 0 amide bonds. The molecule has 0 radical (unpaired) electrons. The molecule has 0 aromatic heterocycles. The zero-order chi connectivity index (χ0) is 6.78. The molecular formula is C2H3Cl3O2S. The van der Waals surface area contributed by atoms with Crippen LogP contribution >= 0.6 is 34.8 Å². The Morgan fingerprint density at radius 1 is 1.38 bits per heavy atom. The Hall–Kier alpha value is 0.820. The van der Waals surface area contributed by atoms with E-state index in [2.05, 4.69) is 0 Å². The molecule has 0 spiro atoms. The fourth-order valence-electron chi connectivity index (χ4n) is 0.0476. The van der Waals surface area contributed by atoms with Gasteiger partial charge in [0, 0.05) is 0 Å². The first kappa shape index (κ1) is 8.82. The van der Waals surface area contributed by atoms with Gasteiger partial charge in [-0.15, -0.1) is 11.6 Å². The summed E-state index contributed by atoms with van der Waals surface area (Å²) in [5, 5.41) is -0.537. The Morgan fingerprint density at radius 3 is 1.75 bits per heavy atom. The number of halogens is 3. The maximum absolute atomic E-state index is 10.3. The van der Waals surface area contributed by atoms with Crippen LogP contribution in [0.5, 0.6) is 0 Å². The van der Waals surface area contributed by atoms with E-state index < -0.39 is 19.2 Å². The Balaban J connectivity index is 4.17. The normalized spacial score (nSPS) is 12.5. The molecule has 0 fully saturated rings. The summed E-state index contributed by atoms with van der Waals surface area (Å²) in [6, 6.07) is 0. The molecule has 0 aromatic carbocycles. The quantitative estimate of drug-likeness (QED) is 0.627. The minimum atomic E-state index is -3.44. The first-order valence-corrected chi connectivity index (χ1v) is 4.68. The summed E-state index contributed by atoms with van der Waals surface area (Å²) in [6.07, 6.45) is 0. The molecule has 0 rings (SSSR count). The molecule has 8 heavy (non-hydrogen) atoms. The third-order valence-electron chi connectivity index (χ3n) is 0.424. The van der Waals surface area contributed by atoms with Crippen LogP contribution < -0.4 is 0 Å². The van der Waals surface area contributed by atoms with Gasteiger partial charge in [0.25, 0.3) is 0 Å². The maximum Gasteiger partial charge on any atom is 0.209 e. The zero-order valence-electron chi connectivity index (χ0n) is 3.64. The van der Waals surface area contributed by atoms with Gasteiger partial charge in [0.05, 0.1) is 0 Å². The molecular weight excluding hydrogens is 194 g/mol. The van der Waals surface area contributed by atoms with E-state index in [4.69, 9.17) is 34.8 Å². The van der Waals surface area contributed by atoms with Gasteiger partial charge in [-0.05, 0) is 0 Å². The molecule has 6 heteroatoms. The zero-order valence-corrected chi connectivity index (χ0v) is 6.73. The van der Waals surface area contributed by atoms with Crippen molar-refractivity contribution in [3.05, 3.63) is 0 Å². The van der Waals surface area contributed by atoms with Crippen molar-refractivity contribution in [3.8, 4) is 0 Å². The Labute approximate surface area is 62.6 Å². The molecule has 0 unspecified atom stereocenters. The van der Waals surface area contributed by atoms with Crippen molar-refractivity contribution in [1.29, 1.82) is 0 Å². The molecule has 0 aromatic rings. The van der Waals surface area contributed by atoms with Gasteiger partial charge in [0.15, 0.2) is 9.84 Å². The van der Waals surface area contributed by atoms with Crippen LogP contribution in [-0.2, 0) is 9.84 Å². The van der Waals surface area contributed by atoms with E-state index in [9.17, 15) is 8.42 Å². The number of hydrogen-bond donors (Lipinski definition) is 0. The van der Waals surface area contributed by atoms with Crippen molar-refractivity contribution in [2.24, 2.45) is 0 Å². The standard InChI is InChI=1S/C2H3Cl3O2S/c3-1-8(6,7)2(4)5/h2H,1H2. The molecule has 0 saturated carbocycles. The van der Waals surface area contributed by atoms with Crippen molar-refractivity contribution >= 4 is 44.6 Å². The lowest BCUT2D eigenvalue weighted by molar-refractivity contribution is 0.603. The largest absolute Gasteiger partial charge is 0.225 e. The predicted octanol–water partition coefficient (Wildman–Crippen LogP) is 1.36. The SMILES string of the molecule is O=S(=O)(CCl)C(Cl)Cl. The lowest BCUT2D eigenvalue weighted by atomic mass is 11.8. The topological polar surface area (TPSA) is 34.1 Å². The van der Waals surface area contributed by atoms with Crippen molar-refractivity contribution in [3.63, 3.8) is 0 Å². The van der Waals surface area contributed by atoms with E-state index >= 15 is 0 Å². The highest BCUT2D eigenvalue weighted by Gasteiger charge is 2.17. The van der Waals surface area contributed by atoms with Crippen LogP contribution in [0.15, 0.2) is 0 Å². The second kappa shape index (κ2) is 3.11. The number of sulfone groups is 1. The highest BCUT2D eigenvalue weighted by atomic mass is 35.5. The molecule has 2 nitrogen and oxygen atoms in total. The van der Waals surface area contributed by atoms with Gasteiger partial charge in [-0.2, -0.15) is 0 Å². The molecule has 0 aliphatic heterocycles. The molecule has 0 heterocycles. The first-order valence-electron chi connectivity index (χ1n) is 1.56. The summed E-state index contributed by atoms with van der Waals surface area (Å²) in [4.78, 5) is 0. The fraction of sp³-hybridized carbons (Fsp3) is 1.00.